The summed E-state index contributed by atoms with van der Waals surface area (Å²) in [6.45, 7) is 2.37. The second-order valence-electron chi connectivity index (χ2n) is 7.95. The molecule has 3 rings (SSSR count). The molecule has 1 aliphatic rings. The molecule has 1 heterocycles. The SMILES string of the molecule is CCCC1COC(c2cc(F)c(C(F)(F)Oc3cc(F)c(OC(F)(F)C=C(F)F)c(F)c3)c(F)c2)OC1. The molecule has 0 radical (unpaired) electrons. The normalized spacial score (nSPS) is 18.5. The average Bonchev–Trinajstić information content (AvgIpc) is 2.75. The second-order valence-corrected chi connectivity index (χ2v) is 7.95. The summed E-state index contributed by atoms with van der Waals surface area (Å²) in [5.74, 6) is -10.9. The lowest BCUT2D eigenvalue weighted by atomic mass is 10.0. The number of hydrogen-bond acceptors (Lipinski definition) is 4. The average molecular weight is 548 g/mol. The number of halogens is 10. The smallest absolute Gasteiger partial charge is 0.429 e. The van der Waals surface area contributed by atoms with Crippen molar-refractivity contribution in [2.75, 3.05) is 13.2 Å². The van der Waals surface area contributed by atoms with E-state index < -0.39 is 71.0 Å². The highest BCUT2D eigenvalue weighted by Crippen LogP contribution is 2.39. The lowest BCUT2D eigenvalue weighted by molar-refractivity contribution is -0.206. The fourth-order valence-electron chi connectivity index (χ4n) is 3.50. The van der Waals surface area contributed by atoms with Crippen LogP contribution in [0.4, 0.5) is 43.9 Å². The molecule has 1 aliphatic heterocycles. The molecule has 0 N–H and O–H groups in total. The molecule has 0 amide bonds. The standard InChI is InChI=1S/C23H18F10O4/c1-2-3-11-9-34-21(35-10-11)12-4-14(24)19(15(25)5-12)23(32,33)36-13-6-16(26)20(17(27)7-13)37-22(30,31)8-18(28)29/h4-8,11,21H,2-3,9-10H2,1H3. The zero-order chi connectivity index (χ0) is 27.5. The highest BCUT2D eigenvalue weighted by atomic mass is 19.3. The highest BCUT2D eigenvalue weighted by molar-refractivity contribution is 5.37. The van der Waals surface area contributed by atoms with Crippen molar-refractivity contribution in [1.29, 1.82) is 0 Å². The fourth-order valence-corrected chi connectivity index (χ4v) is 3.50. The molecule has 0 aliphatic carbocycles. The molecule has 204 valence electrons. The van der Waals surface area contributed by atoms with Gasteiger partial charge in [-0.15, -0.1) is 0 Å². The van der Waals surface area contributed by atoms with E-state index >= 15 is 0 Å². The van der Waals surface area contributed by atoms with E-state index in [1.165, 1.54) is 0 Å². The Morgan fingerprint density at radius 2 is 1.43 bits per heavy atom. The molecule has 0 saturated carbocycles. The molecule has 14 heteroatoms. The molecular formula is C23H18F10O4. The van der Waals surface area contributed by atoms with E-state index in [4.69, 9.17) is 9.47 Å². The summed E-state index contributed by atoms with van der Waals surface area (Å²) in [7, 11) is 0. The summed E-state index contributed by atoms with van der Waals surface area (Å²) in [4.78, 5) is 0. The lowest BCUT2D eigenvalue weighted by Gasteiger charge is -2.30. The largest absolute Gasteiger partial charge is 0.432 e. The molecule has 4 nitrogen and oxygen atoms in total. The Balaban J connectivity index is 1.81. The van der Waals surface area contributed by atoms with E-state index in [0.29, 0.717) is 12.1 Å². The number of hydrogen-bond donors (Lipinski definition) is 0. The van der Waals surface area contributed by atoms with Gasteiger partial charge < -0.3 is 18.9 Å². The molecule has 2 aromatic rings. The summed E-state index contributed by atoms with van der Waals surface area (Å²) in [6, 6.07) is 0.882. The van der Waals surface area contributed by atoms with Crippen molar-refractivity contribution in [3.8, 4) is 11.5 Å². The van der Waals surface area contributed by atoms with Crippen LogP contribution in [0.2, 0.25) is 0 Å². The quantitative estimate of drug-likeness (QED) is 0.303. The van der Waals surface area contributed by atoms with E-state index in [1.54, 1.807) is 0 Å². The minimum atomic E-state index is -4.86. The highest BCUT2D eigenvalue weighted by Gasteiger charge is 2.42. The third-order valence-electron chi connectivity index (χ3n) is 5.02. The van der Waals surface area contributed by atoms with Gasteiger partial charge in [0.1, 0.15) is 22.9 Å². The van der Waals surface area contributed by atoms with Gasteiger partial charge in [-0.3, -0.25) is 0 Å². The van der Waals surface area contributed by atoms with Crippen LogP contribution in [0.5, 0.6) is 11.5 Å². The molecule has 0 bridgehead atoms. The first-order valence-corrected chi connectivity index (χ1v) is 10.6. The molecule has 0 unspecified atom stereocenters. The van der Waals surface area contributed by atoms with Gasteiger partial charge in [0.15, 0.2) is 23.7 Å². The van der Waals surface area contributed by atoms with E-state index in [9.17, 15) is 43.9 Å². The maximum absolute atomic E-state index is 14.6. The van der Waals surface area contributed by atoms with Crippen LogP contribution >= 0.6 is 0 Å². The predicted octanol–water partition coefficient (Wildman–Crippen LogP) is 7.59. The Bertz CT molecular complexity index is 1100. The molecule has 1 fully saturated rings. The van der Waals surface area contributed by atoms with Crippen LogP contribution in [0.3, 0.4) is 0 Å². The third kappa shape index (κ3) is 7.06. The van der Waals surface area contributed by atoms with Crippen LogP contribution < -0.4 is 9.47 Å². The van der Waals surface area contributed by atoms with Crippen molar-refractivity contribution in [1.82, 2.24) is 0 Å². The molecule has 0 spiro atoms. The van der Waals surface area contributed by atoms with E-state index in [2.05, 4.69) is 9.47 Å². The van der Waals surface area contributed by atoms with Crippen molar-refractivity contribution in [2.45, 2.75) is 38.3 Å². The topological polar surface area (TPSA) is 36.9 Å². The first-order valence-electron chi connectivity index (χ1n) is 10.6. The Kier molecular flexibility index (Phi) is 8.63. The van der Waals surface area contributed by atoms with Crippen molar-refractivity contribution >= 4 is 0 Å². The second kappa shape index (κ2) is 11.2. The van der Waals surface area contributed by atoms with Gasteiger partial charge >= 0.3 is 12.2 Å². The predicted molar refractivity (Wildman–Crippen MR) is 106 cm³/mol. The van der Waals surface area contributed by atoms with E-state index in [0.717, 1.165) is 12.8 Å². The van der Waals surface area contributed by atoms with Gasteiger partial charge in [0, 0.05) is 23.6 Å². The molecule has 0 atom stereocenters. The van der Waals surface area contributed by atoms with Crippen LogP contribution in [0.25, 0.3) is 0 Å². The zero-order valence-corrected chi connectivity index (χ0v) is 18.8. The van der Waals surface area contributed by atoms with Gasteiger partial charge in [-0.1, -0.05) is 13.3 Å². The summed E-state index contributed by atoms with van der Waals surface area (Å²) in [6.07, 6.45) is -13.3. The summed E-state index contributed by atoms with van der Waals surface area (Å²) < 4.78 is 155. The molecule has 2 aromatic carbocycles. The van der Waals surface area contributed by atoms with Crippen molar-refractivity contribution in [3.05, 3.63) is 70.8 Å². The van der Waals surface area contributed by atoms with Crippen molar-refractivity contribution in [3.63, 3.8) is 0 Å². The van der Waals surface area contributed by atoms with Gasteiger partial charge in [0.2, 0.25) is 0 Å². The molecule has 0 aromatic heterocycles. The summed E-state index contributed by atoms with van der Waals surface area (Å²) >= 11 is 0. The van der Waals surface area contributed by atoms with Gasteiger partial charge in [0.25, 0.3) is 6.08 Å². The number of benzene rings is 2. The third-order valence-corrected chi connectivity index (χ3v) is 5.02. The van der Waals surface area contributed by atoms with Crippen molar-refractivity contribution in [2.24, 2.45) is 5.92 Å². The Morgan fingerprint density at radius 1 is 0.892 bits per heavy atom. The van der Waals surface area contributed by atoms with Crippen LogP contribution in [0.1, 0.15) is 37.2 Å². The molecule has 1 saturated heterocycles. The number of ether oxygens (including phenoxy) is 4. The van der Waals surface area contributed by atoms with Gasteiger partial charge in [0.05, 0.1) is 19.3 Å². The van der Waals surface area contributed by atoms with Crippen LogP contribution in [0.15, 0.2) is 36.4 Å². The lowest BCUT2D eigenvalue weighted by Crippen LogP contribution is -2.28. The fraction of sp³-hybridized carbons (Fsp3) is 0.391. The maximum Gasteiger partial charge on any atom is 0.432 e. The Hall–Kier alpha value is -3.00. The van der Waals surface area contributed by atoms with Crippen molar-refractivity contribution < 1.29 is 62.9 Å². The van der Waals surface area contributed by atoms with Crippen LogP contribution in [-0.2, 0) is 15.6 Å². The molecular weight excluding hydrogens is 530 g/mol. The van der Waals surface area contributed by atoms with Gasteiger partial charge in [-0.2, -0.15) is 26.3 Å². The molecule has 37 heavy (non-hydrogen) atoms. The minimum absolute atomic E-state index is 0.0538. The number of alkyl halides is 4. The summed E-state index contributed by atoms with van der Waals surface area (Å²) in [5.41, 5.74) is -2.17. The Morgan fingerprint density at radius 3 is 1.92 bits per heavy atom. The first kappa shape index (κ1) is 28.6. The zero-order valence-electron chi connectivity index (χ0n) is 18.8. The van der Waals surface area contributed by atoms with E-state index in [1.807, 2.05) is 6.92 Å². The van der Waals surface area contributed by atoms with Crippen LogP contribution in [-0.4, -0.2) is 19.3 Å². The van der Waals surface area contributed by atoms with E-state index in [-0.39, 0.29) is 36.8 Å². The maximum atomic E-state index is 14.6. The van der Waals surface area contributed by atoms with Gasteiger partial charge in [-0.25, -0.2) is 17.6 Å². The summed E-state index contributed by atoms with van der Waals surface area (Å²) in [5, 5.41) is 0. The number of rotatable bonds is 9. The monoisotopic (exact) mass is 548 g/mol. The first-order chi connectivity index (χ1) is 17.2. The van der Waals surface area contributed by atoms with Gasteiger partial charge in [-0.05, 0) is 18.6 Å². The Labute approximate surface area is 203 Å². The van der Waals surface area contributed by atoms with Crippen LogP contribution in [0, 0.1) is 29.2 Å². The minimum Gasteiger partial charge on any atom is -0.429 e.